The molecule has 1 saturated heterocycles. The van der Waals surface area contributed by atoms with Crippen LogP contribution in [0.25, 0.3) is 0 Å². The third-order valence-corrected chi connectivity index (χ3v) is 3.54. The number of rotatable bonds is 3. The van der Waals surface area contributed by atoms with Crippen molar-refractivity contribution in [1.29, 1.82) is 0 Å². The highest BCUT2D eigenvalue weighted by Gasteiger charge is 2.36. The lowest BCUT2D eigenvalue weighted by Gasteiger charge is -2.32. The minimum atomic E-state index is -1.32. The van der Waals surface area contributed by atoms with Crippen molar-refractivity contribution in [2.24, 2.45) is 4.99 Å². The van der Waals surface area contributed by atoms with Crippen molar-refractivity contribution in [1.82, 2.24) is 10.2 Å². The summed E-state index contributed by atoms with van der Waals surface area (Å²) in [6.07, 6.45) is -1.32. The van der Waals surface area contributed by atoms with Gasteiger partial charge in [-0.2, -0.15) is 4.99 Å². The van der Waals surface area contributed by atoms with E-state index in [9.17, 15) is 9.59 Å². The highest BCUT2D eigenvalue weighted by Crippen LogP contribution is 2.27. The first kappa shape index (κ1) is 15.3. The lowest BCUT2D eigenvalue weighted by molar-refractivity contribution is -0.137. The van der Waals surface area contributed by atoms with E-state index in [1.54, 1.807) is 29.2 Å². The standard InChI is InChI=1S/C15H17N3O5/c1-21-10-4-2-3-5-11(10)23-12-13(19)16-15(17-14(12)20)18-6-8-22-9-7-18/h2-5,12H,6-9H2,1H3,(H,16,17,19,20). The largest absolute Gasteiger partial charge is 0.493 e. The van der Waals surface area contributed by atoms with E-state index in [4.69, 9.17) is 14.2 Å². The zero-order valence-corrected chi connectivity index (χ0v) is 12.7. The lowest BCUT2D eigenvalue weighted by atomic mass is 10.2. The van der Waals surface area contributed by atoms with Crippen LogP contribution in [0.15, 0.2) is 29.3 Å². The van der Waals surface area contributed by atoms with Crippen LogP contribution in [0.1, 0.15) is 0 Å². The van der Waals surface area contributed by atoms with Gasteiger partial charge in [-0.05, 0) is 12.1 Å². The van der Waals surface area contributed by atoms with Crippen LogP contribution in [-0.2, 0) is 14.3 Å². The molecule has 1 unspecified atom stereocenters. The fraction of sp³-hybridized carbons (Fsp3) is 0.400. The Bertz CT molecular complexity index is 640. The molecular formula is C15H17N3O5. The zero-order valence-electron chi connectivity index (χ0n) is 12.7. The average Bonchev–Trinajstić information content (AvgIpc) is 2.59. The fourth-order valence-corrected chi connectivity index (χ4v) is 2.35. The predicted octanol–water partition coefficient (Wildman–Crippen LogP) is -0.213. The van der Waals surface area contributed by atoms with Crippen LogP contribution >= 0.6 is 0 Å². The summed E-state index contributed by atoms with van der Waals surface area (Å²) in [6.45, 7) is 2.21. The Kier molecular flexibility index (Phi) is 4.42. The van der Waals surface area contributed by atoms with E-state index in [0.29, 0.717) is 37.8 Å². The van der Waals surface area contributed by atoms with Gasteiger partial charge < -0.3 is 19.1 Å². The molecule has 1 aromatic rings. The molecule has 8 nitrogen and oxygen atoms in total. The summed E-state index contributed by atoms with van der Waals surface area (Å²) in [7, 11) is 1.49. The van der Waals surface area contributed by atoms with Gasteiger partial charge in [-0.15, -0.1) is 0 Å². The number of nitrogens with one attached hydrogen (secondary N) is 1. The van der Waals surface area contributed by atoms with Crippen molar-refractivity contribution in [3.8, 4) is 11.5 Å². The van der Waals surface area contributed by atoms with Gasteiger partial charge in [-0.25, -0.2) is 0 Å². The number of hydrogen-bond donors (Lipinski definition) is 1. The third kappa shape index (κ3) is 3.26. The Morgan fingerprint density at radius 1 is 1.22 bits per heavy atom. The van der Waals surface area contributed by atoms with Crippen molar-refractivity contribution in [3.05, 3.63) is 24.3 Å². The third-order valence-electron chi connectivity index (χ3n) is 3.54. The van der Waals surface area contributed by atoms with Crippen LogP contribution in [0, 0.1) is 0 Å². The van der Waals surface area contributed by atoms with Gasteiger partial charge in [-0.3, -0.25) is 14.9 Å². The second kappa shape index (κ2) is 6.66. The van der Waals surface area contributed by atoms with Crippen LogP contribution in [0.4, 0.5) is 0 Å². The molecule has 0 saturated carbocycles. The molecule has 122 valence electrons. The van der Waals surface area contributed by atoms with E-state index >= 15 is 0 Å². The summed E-state index contributed by atoms with van der Waals surface area (Å²) < 4.78 is 15.9. The summed E-state index contributed by atoms with van der Waals surface area (Å²) in [6, 6.07) is 6.80. The van der Waals surface area contributed by atoms with E-state index in [2.05, 4.69) is 10.3 Å². The minimum absolute atomic E-state index is 0.253. The van der Waals surface area contributed by atoms with Gasteiger partial charge in [0.25, 0.3) is 17.9 Å². The minimum Gasteiger partial charge on any atom is -0.493 e. The monoisotopic (exact) mass is 319 g/mol. The number of carbonyl (C=O) groups is 2. The second-order valence-electron chi connectivity index (χ2n) is 5.01. The molecule has 0 bridgehead atoms. The summed E-state index contributed by atoms with van der Waals surface area (Å²) in [5.41, 5.74) is 0. The van der Waals surface area contributed by atoms with Crippen LogP contribution < -0.4 is 14.8 Å². The lowest BCUT2D eigenvalue weighted by Crippen LogP contribution is -2.57. The molecule has 1 atom stereocenters. The number of nitrogens with zero attached hydrogens (tertiary/aromatic N) is 2. The van der Waals surface area contributed by atoms with Crippen molar-refractivity contribution in [3.63, 3.8) is 0 Å². The van der Waals surface area contributed by atoms with Gasteiger partial charge in [0.2, 0.25) is 5.96 Å². The molecule has 2 aliphatic heterocycles. The maximum Gasteiger partial charge on any atom is 0.299 e. The van der Waals surface area contributed by atoms with Gasteiger partial charge in [0, 0.05) is 13.1 Å². The number of benzene rings is 1. The molecule has 8 heteroatoms. The molecule has 3 rings (SSSR count). The maximum absolute atomic E-state index is 12.2. The number of aliphatic imine (C=N–C) groups is 1. The van der Waals surface area contributed by atoms with E-state index in [-0.39, 0.29) is 5.96 Å². The molecule has 0 aromatic heterocycles. The molecule has 0 spiro atoms. The first-order chi connectivity index (χ1) is 11.2. The quantitative estimate of drug-likeness (QED) is 0.775. The molecule has 1 aromatic carbocycles. The van der Waals surface area contributed by atoms with E-state index in [1.165, 1.54) is 7.11 Å². The van der Waals surface area contributed by atoms with Gasteiger partial charge >= 0.3 is 0 Å². The average molecular weight is 319 g/mol. The maximum atomic E-state index is 12.2. The number of morpholine rings is 1. The summed E-state index contributed by atoms with van der Waals surface area (Å²) in [4.78, 5) is 30.2. The molecule has 2 amide bonds. The molecule has 0 aliphatic carbocycles. The Morgan fingerprint density at radius 3 is 2.57 bits per heavy atom. The van der Waals surface area contributed by atoms with E-state index in [0.717, 1.165) is 0 Å². The number of hydrogen-bond acceptors (Lipinski definition) is 6. The first-order valence-electron chi connectivity index (χ1n) is 7.25. The number of para-hydroxylation sites is 2. The van der Waals surface area contributed by atoms with Crippen LogP contribution in [0.5, 0.6) is 11.5 Å². The number of guanidine groups is 1. The molecular weight excluding hydrogens is 302 g/mol. The molecule has 1 N–H and O–H groups in total. The Labute approximate surface area is 133 Å². The van der Waals surface area contributed by atoms with Crippen LogP contribution in [-0.4, -0.2) is 62.2 Å². The smallest absolute Gasteiger partial charge is 0.299 e. The normalized spacial score (nSPS) is 21.5. The summed E-state index contributed by atoms with van der Waals surface area (Å²) in [5, 5.41) is 2.62. The Hall–Kier alpha value is -2.61. The molecule has 23 heavy (non-hydrogen) atoms. The molecule has 2 aliphatic rings. The van der Waals surface area contributed by atoms with Crippen molar-refractivity contribution in [2.75, 3.05) is 33.4 Å². The van der Waals surface area contributed by atoms with Gasteiger partial charge in [0.05, 0.1) is 20.3 Å². The number of carbonyl (C=O) groups excluding carboxylic acids is 2. The second-order valence-corrected chi connectivity index (χ2v) is 5.01. The molecule has 2 heterocycles. The number of amides is 2. The number of methoxy groups -OCH3 is 1. The highest BCUT2D eigenvalue weighted by atomic mass is 16.5. The SMILES string of the molecule is COc1ccccc1OC1C(=O)N=C(N2CCOCC2)NC1=O. The number of ether oxygens (including phenoxy) is 3. The predicted molar refractivity (Wildman–Crippen MR) is 80.4 cm³/mol. The van der Waals surface area contributed by atoms with Crippen molar-refractivity contribution < 1.29 is 23.8 Å². The van der Waals surface area contributed by atoms with Crippen LogP contribution in [0.2, 0.25) is 0 Å². The van der Waals surface area contributed by atoms with Crippen molar-refractivity contribution in [2.45, 2.75) is 6.10 Å². The van der Waals surface area contributed by atoms with Gasteiger partial charge in [-0.1, -0.05) is 12.1 Å². The Morgan fingerprint density at radius 2 is 1.91 bits per heavy atom. The summed E-state index contributed by atoms with van der Waals surface area (Å²) >= 11 is 0. The first-order valence-corrected chi connectivity index (χ1v) is 7.25. The molecule has 1 fully saturated rings. The van der Waals surface area contributed by atoms with E-state index in [1.807, 2.05) is 0 Å². The van der Waals surface area contributed by atoms with Crippen molar-refractivity contribution >= 4 is 17.8 Å². The van der Waals surface area contributed by atoms with Gasteiger partial charge in [0.1, 0.15) is 0 Å². The zero-order chi connectivity index (χ0) is 16.2. The fourth-order valence-electron chi connectivity index (χ4n) is 2.35. The topological polar surface area (TPSA) is 89.5 Å². The summed E-state index contributed by atoms with van der Waals surface area (Å²) in [5.74, 6) is -0.175. The van der Waals surface area contributed by atoms with Gasteiger partial charge in [0.15, 0.2) is 11.5 Å². The van der Waals surface area contributed by atoms with Crippen LogP contribution in [0.3, 0.4) is 0 Å². The molecule has 0 radical (unpaired) electrons. The highest BCUT2D eigenvalue weighted by molar-refractivity contribution is 6.17. The Balaban J connectivity index is 1.76. The van der Waals surface area contributed by atoms with E-state index < -0.39 is 17.9 Å².